The largest absolute Gasteiger partial charge is 0.481 e. The zero-order valence-electron chi connectivity index (χ0n) is 20.9. The van der Waals surface area contributed by atoms with E-state index in [4.69, 9.17) is 4.98 Å². The lowest BCUT2D eigenvalue weighted by molar-refractivity contribution is -0.138. The molecule has 0 fully saturated rings. The number of H-pyrrole nitrogens is 2. The third-order valence-electron chi connectivity index (χ3n) is 6.50. The second-order valence-electron chi connectivity index (χ2n) is 9.47. The van der Waals surface area contributed by atoms with Crippen molar-refractivity contribution in [1.29, 1.82) is 0 Å². The van der Waals surface area contributed by atoms with Crippen LogP contribution in [0.25, 0.3) is 45.9 Å². The molecule has 2 aliphatic rings. The minimum Gasteiger partial charge on any atom is -0.481 e. The van der Waals surface area contributed by atoms with E-state index in [9.17, 15) is 29.7 Å². The molecular formula is C29H26N4O6. The fourth-order valence-corrected chi connectivity index (χ4v) is 4.68. The maximum atomic E-state index is 11.3. The lowest BCUT2D eigenvalue weighted by Gasteiger charge is -2.00. The number of carboxylic acid groups (broad SMARTS) is 3. The first-order chi connectivity index (χ1) is 18.7. The number of carboxylic acids is 3. The number of rotatable bonds is 9. The van der Waals surface area contributed by atoms with Gasteiger partial charge in [-0.05, 0) is 90.6 Å². The fourth-order valence-electron chi connectivity index (χ4n) is 4.68. The molecule has 10 heteroatoms. The lowest BCUT2D eigenvalue weighted by Crippen LogP contribution is -1.97. The number of hydrogen-bond donors (Lipinski definition) is 5. The van der Waals surface area contributed by atoms with Gasteiger partial charge in [0.15, 0.2) is 0 Å². The van der Waals surface area contributed by atoms with E-state index in [1.165, 1.54) is 0 Å². The predicted molar refractivity (Wildman–Crippen MR) is 147 cm³/mol. The Labute approximate surface area is 222 Å². The van der Waals surface area contributed by atoms with E-state index in [0.717, 1.165) is 27.7 Å². The van der Waals surface area contributed by atoms with E-state index in [2.05, 4.69) is 15.0 Å². The van der Waals surface area contributed by atoms with Crippen LogP contribution in [0.4, 0.5) is 0 Å². The molecule has 0 aliphatic carbocycles. The van der Waals surface area contributed by atoms with Crippen LogP contribution in [-0.2, 0) is 27.2 Å². The summed E-state index contributed by atoms with van der Waals surface area (Å²) in [4.78, 5) is 49.9. The Kier molecular flexibility index (Phi) is 7.09. The molecule has 2 aliphatic heterocycles. The smallest absolute Gasteiger partial charge is 0.303 e. The van der Waals surface area contributed by atoms with Gasteiger partial charge in [0.1, 0.15) is 0 Å². The summed E-state index contributed by atoms with van der Waals surface area (Å²) in [5.41, 5.74) is 7.91. The van der Waals surface area contributed by atoms with Crippen LogP contribution in [0.5, 0.6) is 0 Å². The number of nitrogens with zero attached hydrogens (tertiary/aromatic N) is 2. The number of aromatic amines is 2. The van der Waals surface area contributed by atoms with Crippen molar-refractivity contribution in [2.75, 3.05) is 0 Å². The van der Waals surface area contributed by atoms with Gasteiger partial charge >= 0.3 is 17.9 Å². The van der Waals surface area contributed by atoms with Gasteiger partial charge in [-0.1, -0.05) is 0 Å². The Morgan fingerprint density at radius 1 is 0.615 bits per heavy atom. The van der Waals surface area contributed by atoms with Gasteiger partial charge in [-0.3, -0.25) is 14.4 Å². The molecule has 3 aromatic rings. The normalized spacial score (nSPS) is 12.4. The van der Waals surface area contributed by atoms with Gasteiger partial charge in [-0.2, -0.15) is 0 Å². The van der Waals surface area contributed by atoms with Crippen molar-refractivity contribution in [2.24, 2.45) is 0 Å². The summed E-state index contributed by atoms with van der Waals surface area (Å²) in [5.74, 6) is -2.72. The molecule has 39 heavy (non-hydrogen) atoms. The second-order valence-corrected chi connectivity index (χ2v) is 9.47. The monoisotopic (exact) mass is 526 g/mol. The van der Waals surface area contributed by atoms with Gasteiger partial charge in [-0.25, -0.2) is 9.97 Å². The van der Waals surface area contributed by atoms with E-state index >= 15 is 0 Å². The zero-order chi connectivity index (χ0) is 27.5. The van der Waals surface area contributed by atoms with Gasteiger partial charge in [0.05, 0.1) is 22.8 Å². The molecule has 5 N–H and O–H groups in total. The summed E-state index contributed by atoms with van der Waals surface area (Å²) in [6, 6.07) is 11.2. The van der Waals surface area contributed by atoms with Crippen LogP contribution in [0.3, 0.4) is 0 Å². The third kappa shape index (κ3) is 6.30. The van der Waals surface area contributed by atoms with E-state index < -0.39 is 17.9 Å². The summed E-state index contributed by atoms with van der Waals surface area (Å²) in [7, 11) is 0. The highest BCUT2D eigenvalue weighted by molar-refractivity contribution is 5.87. The molecule has 0 aromatic carbocycles. The number of aromatic nitrogens is 4. The number of nitrogens with one attached hydrogen (secondary N) is 2. The van der Waals surface area contributed by atoms with Crippen LogP contribution < -0.4 is 0 Å². The molecule has 0 radical (unpaired) electrons. The standard InChI is InChI=1S/C29H26N4O6/c34-27(35)6-1-16-9-21-12-19-4-5-20(30-19)13-22-10-17(2-7-28(36)37)25(32-22)15-26-18(3-8-29(38)39)11-23(33-26)14-24(16)31-21/h4-5,9-15,31,33H,1-3,6-8H2,(H,34,35)(H,36,37)(H,38,39). The van der Waals surface area contributed by atoms with E-state index in [-0.39, 0.29) is 32.1 Å². The van der Waals surface area contributed by atoms with Crippen LogP contribution in [-0.4, -0.2) is 53.2 Å². The number of carbonyl (C=O) groups is 3. The molecule has 0 atom stereocenters. The van der Waals surface area contributed by atoms with E-state index in [1.807, 2.05) is 54.6 Å². The average molecular weight is 527 g/mol. The summed E-state index contributed by atoms with van der Waals surface area (Å²) in [5, 5.41) is 27.7. The Hall–Kier alpha value is -4.99. The Bertz CT molecular complexity index is 1710. The average Bonchev–Trinajstić information content (AvgIpc) is 3.63. The van der Waals surface area contributed by atoms with Crippen LogP contribution in [0, 0.1) is 0 Å². The zero-order valence-corrected chi connectivity index (χ0v) is 20.9. The molecule has 198 valence electrons. The first kappa shape index (κ1) is 25.7. The highest BCUT2D eigenvalue weighted by atomic mass is 16.4. The maximum absolute atomic E-state index is 11.3. The quantitative estimate of drug-likeness (QED) is 0.204. The van der Waals surface area contributed by atoms with Crippen molar-refractivity contribution in [3.8, 4) is 0 Å². The number of allylic oxidation sites excluding steroid dienone is 1. The van der Waals surface area contributed by atoms with Crippen LogP contribution in [0.1, 0.15) is 59.6 Å². The second kappa shape index (κ2) is 10.8. The first-order valence-electron chi connectivity index (χ1n) is 12.5. The van der Waals surface area contributed by atoms with Crippen LogP contribution in [0.2, 0.25) is 0 Å². The van der Waals surface area contributed by atoms with Gasteiger partial charge in [0.2, 0.25) is 0 Å². The van der Waals surface area contributed by atoms with E-state index in [1.54, 1.807) is 0 Å². The van der Waals surface area contributed by atoms with Crippen molar-refractivity contribution in [3.05, 3.63) is 70.3 Å². The number of hydrogen-bond acceptors (Lipinski definition) is 5. The van der Waals surface area contributed by atoms with Gasteiger partial charge in [-0.15, -0.1) is 0 Å². The summed E-state index contributed by atoms with van der Waals surface area (Å²) < 4.78 is 0. The molecule has 0 saturated carbocycles. The molecule has 0 unspecified atom stereocenters. The van der Waals surface area contributed by atoms with E-state index in [0.29, 0.717) is 40.2 Å². The van der Waals surface area contributed by atoms with Gasteiger partial charge in [0, 0.05) is 41.3 Å². The van der Waals surface area contributed by atoms with Crippen molar-refractivity contribution in [2.45, 2.75) is 38.5 Å². The summed E-state index contributed by atoms with van der Waals surface area (Å²) >= 11 is 0. The van der Waals surface area contributed by atoms with Gasteiger partial charge in [0.25, 0.3) is 0 Å². The molecule has 8 bridgehead atoms. The SMILES string of the molecule is O=C(O)CCC1=Cc2cc3nc(cc4cc(CCC(=O)O)c(cc5cc(CCC(=O)O)c(cc1n2)[nH]5)[nH]4)C=C3. The number of fused-ring (bicyclic) bond motifs is 8. The third-order valence-corrected chi connectivity index (χ3v) is 6.50. The van der Waals surface area contributed by atoms with Crippen LogP contribution >= 0.6 is 0 Å². The van der Waals surface area contributed by atoms with Crippen molar-refractivity contribution < 1.29 is 29.7 Å². The molecule has 0 spiro atoms. The van der Waals surface area contributed by atoms with Crippen molar-refractivity contribution in [1.82, 2.24) is 19.9 Å². The lowest BCUT2D eigenvalue weighted by atomic mass is 10.1. The molecule has 5 rings (SSSR count). The molecular weight excluding hydrogens is 500 g/mol. The first-order valence-corrected chi connectivity index (χ1v) is 12.5. The number of aryl methyl sites for hydroxylation is 2. The number of aliphatic carboxylic acids is 3. The minimum absolute atomic E-state index is 0.0244. The molecule has 0 amide bonds. The predicted octanol–water partition coefficient (Wildman–Crippen LogP) is 4.93. The Balaban J connectivity index is 1.76. The summed E-state index contributed by atoms with van der Waals surface area (Å²) in [6.45, 7) is 0. The topological polar surface area (TPSA) is 169 Å². The fraction of sp³-hybridized carbons (Fsp3) is 0.207. The Morgan fingerprint density at radius 3 is 1.77 bits per heavy atom. The molecule has 10 nitrogen and oxygen atoms in total. The summed E-state index contributed by atoms with van der Waals surface area (Å²) in [6.07, 6.45) is 6.35. The molecule has 0 saturated heterocycles. The molecule has 5 heterocycles. The minimum atomic E-state index is -0.918. The van der Waals surface area contributed by atoms with Gasteiger partial charge < -0.3 is 25.3 Å². The highest BCUT2D eigenvalue weighted by Crippen LogP contribution is 2.28. The Morgan fingerprint density at radius 2 is 1.15 bits per heavy atom. The highest BCUT2D eigenvalue weighted by Gasteiger charge is 2.14. The van der Waals surface area contributed by atoms with Crippen molar-refractivity contribution >= 4 is 63.8 Å². The molecule has 3 aromatic heterocycles. The maximum Gasteiger partial charge on any atom is 0.303 e. The van der Waals surface area contributed by atoms with Crippen LogP contribution in [0.15, 0.2) is 36.4 Å². The van der Waals surface area contributed by atoms with Crippen molar-refractivity contribution in [3.63, 3.8) is 0 Å².